The van der Waals surface area contributed by atoms with Crippen LogP contribution in [-0.4, -0.2) is 20.2 Å². The number of rotatable bonds is 1. The van der Waals surface area contributed by atoms with E-state index in [1.54, 1.807) is 0 Å². The first-order valence-electron chi connectivity index (χ1n) is 4.25. The molecule has 2 aromatic heterocycles. The largest absolute Gasteiger partial charge is 0.280 e. The second kappa shape index (κ2) is 3.34. The van der Waals surface area contributed by atoms with Crippen molar-refractivity contribution in [2.45, 2.75) is 13.8 Å². The number of aromatic nitrogens is 4. The zero-order chi connectivity index (χ0) is 10.1. The number of nitrogens with one attached hydrogen (secondary N) is 2. The highest BCUT2D eigenvalue weighted by Gasteiger charge is 2.03. The Morgan fingerprint density at radius 3 is 2.50 bits per heavy atom. The van der Waals surface area contributed by atoms with Gasteiger partial charge in [-0.15, -0.1) is 0 Å². The second-order valence-corrected chi connectivity index (χ2v) is 3.57. The van der Waals surface area contributed by atoms with Gasteiger partial charge in [0, 0.05) is 5.69 Å². The van der Waals surface area contributed by atoms with Crippen molar-refractivity contribution >= 4 is 12.2 Å². The van der Waals surface area contributed by atoms with Gasteiger partial charge in [-0.25, -0.2) is 4.98 Å². The van der Waals surface area contributed by atoms with Gasteiger partial charge in [-0.1, -0.05) is 0 Å². The monoisotopic (exact) mass is 206 g/mol. The van der Waals surface area contributed by atoms with Crippen molar-refractivity contribution in [1.29, 1.82) is 0 Å². The van der Waals surface area contributed by atoms with Crippen LogP contribution in [0.25, 0.3) is 11.5 Å². The van der Waals surface area contributed by atoms with Crippen molar-refractivity contribution in [3.63, 3.8) is 0 Å². The fourth-order valence-electron chi connectivity index (χ4n) is 1.35. The van der Waals surface area contributed by atoms with E-state index in [9.17, 15) is 0 Å². The molecule has 0 aromatic carbocycles. The molecule has 0 saturated carbocycles. The molecule has 0 aliphatic rings. The predicted octanol–water partition coefficient (Wildman–Crippen LogP) is 2.15. The maximum Gasteiger partial charge on any atom is 0.213 e. The molecule has 14 heavy (non-hydrogen) atoms. The zero-order valence-corrected chi connectivity index (χ0v) is 8.77. The summed E-state index contributed by atoms with van der Waals surface area (Å²) >= 11 is 4.87. The Labute approximate surface area is 86.4 Å². The standard InChI is InChI=1S/C9H10N4S/c1-5-3-6(2)10-7(4-5)8-11-9(14)13-12-8/h3-4H,1-2H3,(H2,11,12,13,14). The van der Waals surface area contributed by atoms with Gasteiger partial charge in [0.1, 0.15) is 5.69 Å². The van der Waals surface area contributed by atoms with Gasteiger partial charge in [0.25, 0.3) is 0 Å². The van der Waals surface area contributed by atoms with Crippen LogP contribution in [0.3, 0.4) is 0 Å². The smallest absolute Gasteiger partial charge is 0.213 e. The van der Waals surface area contributed by atoms with E-state index < -0.39 is 0 Å². The highest BCUT2D eigenvalue weighted by atomic mass is 32.1. The lowest BCUT2D eigenvalue weighted by Gasteiger charge is -1.99. The van der Waals surface area contributed by atoms with Gasteiger partial charge in [-0.05, 0) is 43.8 Å². The van der Waals surface area contributed by atoms with Crippen molar-refractivity contribution < 1.29 is 0 Å². The average molecular weight is 206 g/mol. The summed E-state index contributed by atoms with van der Waals surface area (Å²) in [6.07, 6.45) is 0. The second-order valence-electron chi connectivity index (χ2n) is 3.19. The Kier molecular flexibility index (Phi) is 2.17. The lowest BCUT2D eigenvalue weighted by molar-refractivity contribution is 1.07. The average Bonchev–Trinajstić information content (AvgIpc) is 2.50. The highest BCUT2D eigenvalue weighted by molar-refractivity contribution is 7.71. The molecule has 0 bridgehead atoms. The Morgan fingerprint density at radius 1 is 1.14 bits per heavy atom. The molecule has 0 amide bonds. The van der Waals surface area contributed by atoms with E-state index in [4.69, 9.17) is 12.2 Å². The molecule has 2 heterocycles. The summed E-state index contributed by atoms with van der Waals surface area (Å²) < 4.78 is 0.445. The minimum absolute atomic E-state index is 0.445. The molecule has 72 valence electrons. The molecule has 2 rings (SSSR count). The number of hydrogen-bond donors (Lipinski definition) is 2. The Hall–Kier alpha value is -1.49. The van der Waals surface area contributed by atoms with E-state index in [0.29, 0.717) is 10.6 Å². The van der Waals surface area contributed by atoms with Crippen LogP contribution in [-0.2, 0) is 0 Å². The normalized spacial score (nSPS) is 10.4. The molecular weight excluding hydrogens is 196 g/mol. The molecule has 5 heteroatoms. The number of aromatic amines is 2. The summed E-state index contributed by atoms with van der Waals surface area (Å²) in [5.41, 5.74) is 2.95. The van der Waals surface area contributed by atoms with Crippen molar-refractivity contribution in [2.75, 3.05) is 0 Å². The van der Waals surface area contributed by atoms with Crippen LogP contribution in [0.4, 0.5) is 0 Å². The molecule has 2 N–H and O–H groups in total. The van der Waals surface area contributed by atoms with Crippen LogP contribution in [0.2, 0.25) is 0 Å². The summed E-state index contributed by atoms with van der Waals surface area (Å²) in [6, 6.07) is 3.99. The van der Waals surface area contributed by atoms with Crippen LogP contribution in [0.15, 0.2) is 12.1 Å². The van der Waals surface area contributed by atoms with Crippen molar-refractivity contribution in [3.8, 4) is 11.5 Å². The Morgan fingerprint density at radius 2 is 1.93 bits per heavy atom. The van der Waals surface area contributed by atoms with E-state index in [0.717, 1.165) is 17.0 Å². The quantitative estimate of drug-likeness (QED) is 0.703. The zero-order valence-electron chi connectivity index (χ0n) is 7.96. The molecule has 0 saturated heterocycles. The number of nitrogens with zero attached hydrogens (tertiary/aromatic N) is 2. The van der Waals surface area contributed by atoms with E-state index in [2.05, 4.69) is 20.2 Å². The molecule has 0 atom stereocenters. The van der Waals surface area contributed by atoms with Crippen LogP contribution in [0.1, 0.15) is 11.3 Å². The van der Waals surface area contributed by atoms with Gasteiger partial charge < -0.3 is 0 Å². The van der Waals surface area contributed by atoms with Crippen LogP contribution < -0.4 is 0 Å². The summed E-state index contributed by atoms with van der Waals surface area (Å²) in [5.74, 6) is 0.682. The van der Waals surface area contributed by atoms with Gasteiger partial charge in [-0.3, -0.25) is 10.2 Å². The minimum atomic E-state index is 0.445. The molecule has 2 aromatic rings. The fraction of sp³-hybridized carbons (Fsp3) is 0.222. The van der Waals surface area contributed by atoms with E-state index >= 15 is 0 Å². The highest BCUT2D eigenvalue weighted by Crippen LogP contribution is 2.13. The van der Waals surface area contributed by atoms with Crippen LogP contribution in [0, 0.1) is 18.6 Å². The Balaban J connectivity index is 2.56. The van der Waals surface area contributed by atoms with Gasteiger partial charge >= 0.3 is 0 Å². The molecule has 0 aliphatic heterocycles. The summed E-state index contributed by atoms with van der Waals surface area (Å²) in [7, 11) is 0. The fourth-order valence-corrected chi connectivity index (χ4v) is 1.50. The van der Waals surface area contributed by atoms with Gasteiger partial charge in [0.2, 0.25) is 4.77 Å². The molecule has 0 aliphatic carbocycles. The van der Waals surface area contributed by atoms with Crippen molar-refractivity contribution in [1.82, 2.24) is 20.2 Å². The lowest BCUT2D eigenvalue weighted by atomic mass is 10.2. The van der Waals surface area contributed by atoms with Crippen molar-refractivity contribution in [2.24, 2.45) is 0 Å². The molecule has 0 unspecified atom stereocenters. The van der Waals surface area contributed by atoms with Gasteiger partial charge in [0.05, 0.1) is 0 Å². The molecular formula is C9H10N4S. The minimum Gasteiger partial charge on any atom is -0.280 e. The Bertz CT molecular complexity index is 491. The predicted molar refractivity (Wildman–Crippen MR) is 56.5 cm³/mol. The molecule has 0 fully saturated rings. The van der Waals surface area contributed by atoms with E-state index in [-0.39, 0.29) is 0 Å². The molecule has 4 nitrogen and oxygen atoms in total. The summed E-state index contributed by atoms with van der Waals surface area (Å²) in [6.45, 7) is 3.98. The number of aryl methyl sites for hydroxylation is 2. The SMILES string of the molecule is Cc1cc(C)nc(-c2nc(=S)[nH][nH]2)c1. The van der Waals surface area contributed by atoms with Crippen LogP contribution >= 0.6 is 12.2 Å². The number of H-pyrrole nitrogens is 2. The van der Waals surface area contributed by atoms with Crippen molar-refractivity contribution in [3.05, 3.63) is 28.2 Å². The van der Waals surface area contributed by atoms with Crippen LogP contribution in [0.5, 0.6) is 0 Å². The molecule has 0 radical (unpaired) electrons. The first-order valence-corrected chi connectivity index (χ1v) is 4.66. The van der Waals surface area contributed by atoms with E-state index in [1.165, 1.54) is 0 Å². The first-order chi connectivity index (χ1) is 6.65. The van der Waals surface area contributed by atoms with E-state index in [1.807, 2.05) is 26.0 Å². The third kappa shape index (κ3) is 1.72. The first kappa shape index (κ1) is 9.08. The third-order valence-corrected chi connectivity index (χ3v) is 2.03. The number of hydrogen-bond acceptors (Lipinski definition) is 3. The number of pyridine rings is 1. The summed E-state index contributed by atoms with van der Waals surface area (Å²) in [5, 5.41) is 5.62. The maximum absolute atomic E-state index is 4.87. The lowest BCUT2D eigenvalue weighted by Crippen LogP contribution is -1.90. The van der Waals surface area contributed by atoms with Gasteiger partial charge in [-0.2, -0.15) is 4.98 Å². The van der Waals surface area contributed by atoms with Gasteiger partial charge in [0.15, 0.2) is 5.82 Å². The summed E-state index contributed by atoms with van der Waals surface area (Å²) in [4.78, 5) is 8.46. The molecule has 0 spiro atoms. The topological polar surface area (TPSA) is 57.4 Å². The third-order valence-electron chi connectivity index (χ3n) is 1.84. The maximum atomic E-state index is 4.87.